The van der Waals surface area contributed by atoms with Gasteiger partial charge in [0.1, 0.15) is 12.3 Å². The monoisotopic (exact) mass is 443 g/mol. The van der Waals surface area contributed by atoms with Crippen LogP contribution in [0.2, 0.25) is 0 Å². The van der Waals surface area contributed by atoms with Crippen molar-refractivity contribution in [3.8, 4) is 17.1 Å². The highest BCUT2D eigenvalue weighted by atomic mass is 32.1. The van der Waals surface area contributed by atoms with E-state index in [4.69, 9.17) is 17.0 Å². The topological polar surface area (TPSA) is 101 Å². The molecule has 3 N–H and O–H groups in total. The third-order valence-electron chi connectivity index (χ3n) is 4.77. The molecule has 0 radical (unpaired) electrons. The van der Waals surface area contributed by atoms with Crippen LogP contribution in [-0.4, -0.2) is 33.2 Å². The molecule has 0 atom stereocenters. The molecular weight excluding hydrogens is 422 g/mol. The first-order chi connectivity index (χ1) is 14.5. The number of fused-ring (bicyclic) bond motifs is 1. The van der Waals surface area contributed by atoms with Gasteiger partial charge in [-0.1, -0.05) is 0 Å². The molecule has 0 aliphatic heterocycles. The molecule has 0 fully saturated rings. The molecule has 0 saturated carbocycles. The number of carbonyl (C=O) groups is 2. The minimum Gasteiger partial charge on any atom is -0.494 e. The summed E-state index contributed by atoms with van der Waals surface area (Å²) in [7, 11) is 0. The summed E-state index contributed by atoms with van der Waals surface area (Å²) >= 11 is 6.75. The van der Waals surface area contributed by atoms with Gasteiger partial charge >= 0.3 is 0 Å². The maximum absolute atomic E-state index is 12.4. The summed E-state index contributed by atoms with van der Waals surface area (Å²) in [6.07, 6.45) is 3.17. The molecule has 0 bridgehead atoms. The Bertz CT molecular complexity index is 1110. The number of benzene rings is 1. The van der Waals surface area contributed by atoms with Gasteiger partial charge in [0, 0.05) is 10.4 Å². The van der Waals surface area contributed by atoms with Crippen LogP contribution < -0.4 is 15.6 Å². The highest BCUT2D eigenvalue weighted by molar-refractivity contribution is 7.71. The van der Waals surface area contributed by atoms with Crippen LogP contribution in [0.4, 0.5) is 0 Å². The lowest BCUT2D eigenvalue weighted by molar-refractivity contribution is -0.122. The number of rotatable bonds is 6. The van der Waals surface area contributed by atoms with E-state index in [1.54, 1.807) is 4.57 Å². The average Bonchev–Trinajstić information content (AvgIpc) is 3.43. The lowest BCUT2D eigenvalue weighted by Gasteiger charge is -2.09. The smallest absolute Gasteiger partial charge is 0.279 e. The molecule has 2 heterocycles. The van der Waals surface area contributed by atoms with E-state index >= 15 is 0 Å². The maximum atomic E-state index is 12.4. The van der Waals surface area contributed by atoms with Gasteiger partial charge in [0.2, 0.25) is 0 Å². The average molecular weight is 444 g/mol. The van der Waals surface area contributed by atoms with Gasteiger partial charge in [-0.3, -0.25) is 30.1 Å². The second-order valence-corrected chi connectivity index (χ2v) is 8.33. The zero-order chi connectivity index (χ0) is 21.1. The number of thiophene rings is 1. The van der Waals surface area contributed by atoms with Gasteiger partial charge < -0.3 is 4.74 Å². The Kier molecular flexibility index (Phi) is 5.96. The molecule has 1 aliphatic carbocycles. The van der Waals surface area contributed by atoms with E-state index in [1.165, 1.54) is 21.8 Å². The highest BCUT2D eigenvalue weighted by Gasteiger charge is 2.19. The number of nitrogens with one attached hydrogen (secondary N) is 3. The summed E-state index contributed by atoms with van der Waals surface area (Å²) < 4.78 is 7.34. The second-order valence-electron chi connectivity index (χ2n) is 6.81. The lowest BCUT2D eigenvalue weighted by Crippen LogP contribution is -2.43. The van der Waals surface area contributed by atoms with Gasteiger partial charge in [-0.2, -0.15) is 5.10 Å². The van der Waals surface area contributed by atoms with Gasteiger partial charge in [0.25, 0.3) is 11.8 Å². The highest BCUT2D eigenvalue weighted by Crippen LogP contribution is 2.30. The summed E-state index contributed by atoms with van der Waals surface area (Å²) in [5.41, 5.74) is 6.96. The van der Waals surface area contributed by atoms with Gasteiger partial charge in [-0.25, -0.2) is 0 Å². The van der Waals surface area contributed by atoms with Crippen molar-refractivity contribution in [2.75, 3.05) is 6.61 Å². The van der Waals surface area contributed by atoms with Crippen LogP contribution in [0.3, 0.4) is 0 Å². The molecule has 0 unspecified atom stereocenters. The fourth-order valence-electron chi connectivity index (χ4n) is 3.36. The molecule has 156 valence electrons. The Morgan fingerprint density at radius 2 is 2.07 bits per heavy atom. The number of hydrogen-bond donors (Lipinski definition) is 3. The molecule has 30 heavy (non-hydrogen) atoms. The van der Waals surface area contributed by atoms with E-state index in [0.29, 0.717) is 22.1 Å². The van der Waals surface area contributed by atoms with Gasteiger partial charge in [-0.05, 0) is 74.3 Å². The number of nitrogens with zero attached hydrogens (tertiary/aromatic N) is 2. The number of aromatic amines is 1. The molecule has 8 nitrogen and oxygen atoms in total. The number of hydrazine groups is 1. The van der Waals surface area contributed by atoms with Crippen molar-refractivity contribution in [2.24, 2.45) is 0 Å². The minimum absolute atomic E-state index is 0.0842. The Hall–Kier alpha value is -2.98. The maximum Gasteiger partial charge on any atom is 0.279 e. The van der Waals surface area contributed by atoms with Crippen molar-refractivity contribution in [2.45, 2.75) is 32.7 Å². The van der Waals surface area contributed by atoms with E-state index in [1.807, 2.05) is 37.3 Å². The summed E-state index contributed by atoms with van der Waals surface area (Å²) in [5, 5.41) is 6.94. The van der Waals surface area contributed by atoms with Gasteiger partial charge in [0.05, 0.1) is 11.5 Å². The lowest BCUT2D eigenvalue weighted by atomic mass is 10.2. The van der Waals surface area contributed by atoms with Crippen LogP contribution in [0.25, 0.3) is 11.4 Å². The molecular formula is C20H21N5O3S2. The first-order valence-corrected chi connectivity index (χ1v) is 10.9. The normalized spacial score (nSPS) is 12.4. The molecule has 1 aliphatic rings. The summed E-state index contributed by atoms with van der Waals surface area (Å²) in [6, 6.07) is 9.27. The van der Waals surface area contributed by atoms with E-state index in [2.05, 4.69) is 21.0 Å². The molecule has 0 saturated heterocycles. The molecule has 4 rings (SSSR count). The van der Waals surface area contributed by atoms with Crippen molar-refractivity contribution in [1.29, 1.82) is 0 Å². The molecule has 10 heteroatoms. The number of H-pyrrole nitrogens is 1. The van der Waals surface area contributed by atoms with Crippen molar-refractivity contribution < 1.29 is 14.3 Å². The van der Waals surface area contributed by atoms with E-state index in [0.717, 1.165) is 30.6 Å². The van der Waals surface area contributed by atoms with Crippen LogP contribution >= 0.6 is 23.6 Å². The second kappa shape index (κ2) is 8.80. The minimum atomic E-state index is -0.405. The fraction of sp³-hybridized carbons (Fsp3) is 0.300. The van der Waals surface area contributed by atoms with Gasteiger partial charge in [0.15, 0.2) is 10.6 Å². The Balaban J connectivity index is 1.40. The molecule has 2 aromatic heterocycles. The Labute approximate surface area is 182 Å². The number of hydrogen-bond acceptors (Lipinski definition) is 6. The zero-order valence-electron chi connectivity index (χ0n) is 16.4. The summed E-state index contributed by atoms with van der Waals surface area (Å²) in [4.78, 5) is 26.6. The number of carbonyl (C=O) groups excluding carboxylic acids is 2. The third kappa shape index (κ3) is 4.29. The van der Waals surface area contributed by atoms with Gasteiger partial charge in [-0.15, -0.1) is 11.3 Å². The van der Waals surface area contributed by atoms with E-state index in [-0.39, 0.29) is 12.5 Å². The zero-order valence-corrected chi connectivity index (χ0v) is 18.0. The number of aryl methyl sites for hydroxylation is 2. The summed E-state index contributed by atoms with van der Waals surface area (Å²) in [5.74, 6) is 0.559. The standard InChI is InChI=1S/C20H21N5O3S2/c1-2-28-14-8-6-12(7-9-14)18-22-24-20(29)25(18)11-17(26)21-23-19(27)16-10-13-4-3-5-15(13)30-16/h6-10H,2-5,11H2,1H3,(H,21,26)(H,23,27)(H,24,29). The molecule has 1 aromatic carbocycles. The van der Waals surface area contributed by atoms with Crippen molar-refractivity contribution in [3.63, 3.8) is 0 Å². The van der Waals surface area contributed by atoms with Crippen LogP contribution in [0.5, 0.6) is 5.75 Å². The predicted octanol–water partition coefficient (Wildman–Crippen LogP) is 3.02. The van der Waals surface area contributed by atoms with Crippen LogP contribution in [0.1, 0.15) is 33.5 Å². The van der Waals surface area contributed by atoms with Crippen LogP contribution in [-0.2, 0) is 24.2 Å². The third-order valence-corrected chi connectivity index (χ3v) is 6.32. The predicted molar refractivity (Wildman–Crippen MR) is 116 cm³/mol. The number of ether oxygens (including phenoxy) is 1. The van der Waals surface area contributed by atoms with Crippen molar-refractivity contribution in [3.05, 3.63) is 50.4 Å². The van der Waals surface area contributed by atoms with Crippen molar-refractivity contribution >= 4 is 35.4 Å². The van der Waals surface area contributed by atoms with Crippen molar-refractivity contribution in [1.82, 2.24) is 25.6 Å². The Morgan fingerprint density at radius 1 is 1.27 bits per heavy atom. The SMILES string of the molecule is CCOc1ccc(-c2n[nH]c(=S)n2CC(=O)NNC(=O)c2cc3c(s2)CCC3)cc1. The van der Waals surface area contributed by atoms with E-state index in [9.17, 15) is 9.59 Å². The molecule has 2 amide bonds. The van der Waals surface area contributed by atoms with Crippen LogP contribution in [0, 0.1) is 4.77 Å². The first kappa shape index (κ1) is 20.3. The van der Waals surface area contributed by atoms with Crippen LogP contribution in [0.15, 0.2) is 30.3 Å². The number of amides is 2. The molecule has 3 aromatic rings. The molecule has 0 spiro atoms. The summed E-state index contributed by atoms with van der Waals surface area (Å²) in [6.45, 7) is 2.42. The first-order valence-electron chi connectivity index (χ1n) is 9.64. The fourth-order valence-corrected chi connectivity index (χ4v) is 4.71. The Morgan fingerprint density at radius 3 is 2.80 bits per heavy atom. The largest absolute Gasteiger partial charge is 0.494 e. The van der Waals surface area contributed by atoms with E-state index < -0.39 is 5.91 Å². The quantitative estimate of drug-likeness (QED) is 0.402. The number of aromatic nitrogens is 3.